The molecule has 4 heterocycles. The molecule has 0 spiro atoms. The van der Waals surface area contributed by atoms with E-state index in [2.05, 4.69) is 27.1 Å². The number of rotatable bonds is 10. The molecule has 5 N–H and O–H groups in total. The molecule has 1 unspecified atom stereocenters. The predicted molar refractivity (Wildman–Crippen MR) is 205 cm³/mol. The summed E-state index contributed by atoms with van der Waals surface area (Å²) in [5.41, 5.74) is 10.3. The van der Waals surface area contributed by atoms with Crippen molar-refractivity contribution in [3.63, 3.8) is 0 Å². The minimum Gasteiger partial charge on any atom is -0.453 e. The predicted octanol–water partition coefficient (Wildman–Crippen LogP) is 5.69. The van der Waals surface area contributed by atoms with E-state index in [0.29, 0.717) is 24.7 Å². The maximum atomic E-state index is 13.5. The van der Waals surface area contributed by atoms with Crippen LogP contribution in [0, 0.1) is 23.7 Å². The molecule has 2 saturated heterocycles. The standard InChI is InChI=1S/C41H48N8O6/c1-24(2)34(47-41(53)54-5)38(50)48-20-6-8-32(48)36-43-22-30(45-36)28-16-12-26(13-17-28)10-11-27-14-18-29(19-15-27)31-23-44-37(46-31)33-9-7-21-49(33)39(51)35(25(3)4)55-40(42)52/h12-19,22-25,32-35H,6-9,20-21H2,1-5H3,(H2,42,52)(H,43,45)(H,44,46)(H,47,53)/t32?,33-,34-,35-/m0/s1. The van der Waals surface area contributed by atoms with Gasteiger partial charge in [0.2, 0.25) is 5.91 Å². The lowest BCUT2D eigenvalue weighted by Gasteiger charge is -2.29. The molecule has 6 rings (SSSR count). The monoisotopic (exact) mass is 748 g/mol. The van der Waals surface area contributed by atoms with E-state index < -0.39 is 24.3 Å². The number of carbonyl (C=O) groups excluding carboxylic acids is 4. The molecule has 14 heteroatoms. The number of H-pyrrole nitrogens is 2. The smallest absolute Gasteiger partial charge is 0.407 e. The van der Waals surface area contributed by atoms with Crippen molar-refractivity contribution in [3.05, 3.63) is 83.7 Å². The number of likely N-dealkylation sites (tertiary alicyclic amines) is 2. The average molecular weight is 749 g/mol. The van der Waals surface area contributed by atoms with E-state index in [1.807, 2.05) is 88.6 Å². The van der Waals surface area contributed by atoms with Crippen molar-refractivity contribution in [2.75, 3.05) is 20.2 Å². The molecule has 2 aromatic carbocycles. The molecule has 2 aromatic heterocycles. The Morgan fingerprint density at radius 2 is 1.24 bits per heavy atom. The highest BCUT2D eigenvalue weighted by Gasteiger charge is 2.39. The van der Waals surface area contributed by atoms with Gasteiger partial charge in [0, 0.05) is 47.7 Å². The Morgan fingerprint density at radius 1 is 0.764 bits per heavy atom. The summed E-state index contributed by atoms with van der Waals surface area (Å²) in [6, 6.07) is 14.5. The van der Waals surface area contributed by atoms with Gasteiger partial charge in [-0.1, -0.05) is 63.8 Å². The fourth-order valence-electron chi connectivity index (χ4n) is 7.17. The van der Waals surface area contributed by atoms with Gasteiger partial charge in [0.05, 0.1) is 30.6 Å². The van der Waals surface area contributed by atoms with Gasteiger partial charge in [-0.2, -0.15) is 0 Å². The third kappa shape index (κ3) is 8.83. The SMILES string of the molecule is COC(=O)N[C@H](C(=O)N1CCCC1c1nc(-c2ccc(C#Cc3ccc(-c4c[nH]c([C@@H]5CCCN5C(=O)[C@@H](OC(N)=O)C(C)C)n4)cc3)cc2)c[nH]1)C(C)C. The molecular formula is C41H48N8O6. The normalized spacial score (nSPS) is 17.8. The molecule has 55 heavy (non-hydrogen) atoms. The van der Waals surface area contributed by atoms with Crippen molar-refractivity contribution in [1.29, 1.82) is 0 Å². The van der Waals surface area contributed by atoms with Gasteiger partial charge in [0.15, 0.2) is 6.10 Å². The third-order valence-corrected chi connectivity index (χ3v) is 10.1. The second kappa shape index (κ2) is 16.9. The summed E-state index contributed by atoms with van der Waals surface area (Å²) in [6.45, 7) is 8.56. The Morgan fingerprint density at radius 3 is 1.65 bits per heavy atom. The van der Waals surface area contributed by atoms with E-state index in [0.717, 1.165) is 59.3 Å². The summed E-state index contributed by atoms with van der Waals surface area (Å²) in [6.07, 6.45) is 4.32. The van der Waals surface area contributed by atoms with Gasteiger partial charge in [-0.25, -0.2) is 19.6 Å². The summed E-state index contributed by atoms with van der Waals surface area (Å²) >= 11 is 0. The number of nitrogens with two attached hydrogens (primary N) is 1. The molecule has 2 aliphatic rings. The number of benzene rings is 2. The van der Waals surface area contributed by atoms with Gasteiger partial charge in [-0.15, -0.1) is 0 Å². The molecular weight excluding hydrogens is 701 g/mol. The first kappa shape index (κ1) is 38.6. The van der Waals surface area contributed by atoms with Crippen LogP contribution in [0.2, 0.25) is 0 Å². The zero-order valence-corrected chi connectivity index (χ0v) is 31.8. The fourth-order valence-corrected chi connectivity index (χ4v) is 7.17. The third-order valence-electron chi connectivity index (χ3n) is 10.1. The lowest BCUT2D eigenvalue weighted by molar-refractivity contribution is -0.143. The Balaban J connectivity index is 1.08. The number of aromatic amines is 2. The Labute approximate surface area is 320 Å². The summed E-state index contributed by atoms with van der Waals surface area (Å²) < 4.78 is 9.90. The van der Waals surface area contributed by atoms with E-state index in [1.54, 1.807) is 9.80 Å². The van der Waals surface area contributed by atoms with Gasteiger partial charge in [0.1, 0.15) is 17.7 Å². The lowest BCUT2D eigenvalue weighted by atomic mass is 10.0. The van der Waals surface area contributed by atoms with Crippen LogP contribution in [0.25, 0.3) is 22.5 Å². The van der Waals surface area contributed by atoms with Crippen LogP contribution in [0.1, 0.15) is 88.2 Å². The molecule has 0 bridgehead atoms. The largest absolute Gasteiger partial charge is 0.453 e. The number of alkyl carbamates (subject to hydrolysis) is 1. The van der Waals surface area contributed by atoms with Crippen molar-refractivity contribution in [3.8, 4) is 34.4 Å². The molecule has 288 valence electrons. The van der Waals surface area contributed by atoms with Gasteiger partial charge < -0.3 is 40.3 Å². The highest BCUT2D eigenvalue weighted by molar-refractivity contribution is 5.86. The second-order valence-corrected chi connectivity index (χ2v) is 14.6. The number of primary amides is 1. The van der Waals surface area contributed by atoms with Crippen LogP contribution in [-0.2, 0) is 19.1 Å². The number of amides is 4. The number of hydrogen-bond acceptors (Lipinski definition) is 8. The van der Waals surface area contributed by atoms with Crippen molar-refractivity contribution in [1.82, 2.24) is 35.1 Å². The zero-order chi connectivity index (χ0) is 39.2. The summed E-state index contributed by atoms with van der Waals surface area (Å²) in [5.74, 6) is 7.11. The van der Waals surface area contributed by atoms with Crippen molar-refractivity contribution in [2.45, 2.75) is 77.6 Å². The summed E-state index contributed by atoms with van der Waals surface area (Å²) in [7, 11) is 1.28. The van der Waals surface area contributed by atoms with E-state index in [9.17, 15) is 19.2 Å². The molecule has 14 nitrogen and oxygen atoms in total. The number of imidazole rings is 2. The Hall–Kier alpha value is -6.10. The van der Waals surface area contributed by atoms with Crippen LogP contribution in [0.3, 0.4) is 0 Å². The minimum absolute atomic E-state index is 0.108. The molecule has 0 radical (unpaired) electrons. The number of aromatic nitrogens is 4. The van der Waals surface area contributed by atoms with E-state index >= 15 is 0 Å². The van der Waals surface area contributed by atoms with E-state index in [4.69, 9.17) is 25.2 Å². The fraction of sp³-hybridized carbons (Fsp3) is 0.415. The molecule has 0 saturated carbocycles. The van der Waals surface area contributed by atoms with Crippen LogP contribution >= 0.6 is 0 Å². The van der Waals surface area contributed by atoms with Crippen LogP contribution in [0.4, 0.5) is 9.59 Å². The van der Waals surface area contributed by atoms with Gasteiger partial charge in [-0.3, -0.25) is 9.59 Å². The first-order chi connectivity index (χ1) is 26.4. The minimum atomic E-state index is -0.966. The van der Waals surface area contributed by atoms with Crippen molar-refractivity contribution < 1.29 is 28.7 Å². The lowest BCUT2D eigenvalue weighted by Crippen LogP contribution is -2.51. The van der Waals surface area contributed by atoms with Crippen LogP contribution in [-0.4, -0.2) is 86.1 Å². The summed E-state index contributed by atoms with van der Waals surface area (Å²) in [4.78, 5) is 69.8. The highest BCUT2D eigenvalue weighted by atomic mass is 16.6. The van der Waals surface area contributed by atoms with Crippen molar-refractivity contribution >= 4 is 24.0 Å². The second-order valence-electron chi connectivity index (χ2n) is 14.6. The molecule has 0 aliphatic carbocycles. The highest BCUT2D eigenvalue weighted by Crippen LogP contribution is 2.34. The van der Waals surface area contributed by atoms with E-state index in [-0.39, 0.29) is 35.7 Å². The number of methoxy groups -OCH3 is 1. The van der Waals surface area contributed by atoms with Crippen LogP contribution < -0.4 is 11.1 Å². The average Bonchev–Trinajstić information content (AvgIpc) is 4.01. The number of ether oxygens (including phenoxy) is 2. The molecule has 4 aromatic rings. The van der Waals surface area contributed by atoms with Gasteiger partial charge >= 0.3 is 12.2 Å². The maximum absolute atomic E-state index is 13.5. The molecule has 4 amide bonds. The Kier molecular flexibility index (Phi) is 11.9. The van der Waals surface area contributed by atoms with Gasteiger partial charge in [-0.05, 0) is 61.8 Å². The maximum Gasteiger partial charge on any atom is 0.407 e. The van der Waals surface area contributed by atoms with E-state index in [1.165, 1.54) is 7.11 Å². The zero-order valence-electron chi connectivity index (χ0n) is 31.8. The van der Waals surface area contributed by atoms with Gasteiger partial charge in [0.25, 0.3) is 5.91 Å². The Bertz CT molecular complexity index is 2060. The first-order valence-corrected chi connectivity index (χ1v) is 18.7. The van der Waals surface area contributed by atoms with Crippen molar-refractivity contribution in [2.24, 2.45) is 17.6 Å². The topological polar surface area (TPSA) is 189 Å². The molecule has 4 atom stereocenters. The number of hydrogen-bond donors (Lipinski definition) is 4. The summed E-state index contributed by atoms with van der Waals surface area (Å²) in [5, 5.41) is 2.68. The molecule has 2 fully saturated rings. The molecule has 2 aliphatic heterocycles. The number of nitrogens with zero attached hydrogens (tertiary/aromatic N) is 4. The van der Waals surface area contributed by atoms with Crippen LogP contribution in [0.15, 0.2) is 60.9 Å². The first-order valence-electron chi connectivity index (χ1n) is 18.7. The van der Waals surface area contributed by atoms with Crippen LogP contribution in [0.5, 0.6) is 0 Å². The number of carbonyl (C=O) groups is 4. The number of nitrogens with one attached hydrogen (secondary N) is 3. The quantitative estimate of drug-likeness (QED) is 0.149.